The summed E-state index contributed by atoms with van der Waals surface area (Å²) in [6, 6.07) is 5.70. The molecule has 29 heavy (non-hydrogen) atoms. The maximum Gasteiger partial charge on any atom is 0.224 e. The Morgan fingerprint density at radius 2 is 1.93 bits per heavy atom. The maximum absolute atomic E-state index is 12.7. The van der Waals surface area contributed by atoms with Crippen molar-refractivity contribution >= 4 is 29.1 Å². The summed E-state index contributed by atoms with van der Waals surface area (Å²) < 4.78 is 1.83. The van der Waals surface area contributed by atoms with Gasteiger partial charge in [-0.15, -0.1) is 0 Å². The molecule has 1 amide bonds. The Kier molecular flexibility index (Phi) is 7.60. The number of hydrogen-bond donors (Lipinski definition) is 1. The van der Waals surface area contributed by atoms with Crippen molar-refractivity contribution in [3.05, 3.63) is 45.2 Å². The van der Waals surface area contributed by atoms with E-state index in [4.69, 9.17) is 23.2 Å². The molecule has 1 aromatic carbocycles. The van der Waals surface area contributed by atoms with E-state index < -0.39 is 0 Å². The molecule has 0 atom stereocenters. The molecule has 1 saturated heterocycles. The SMILES string of the molecule is CCCCN1CCC(NC(=O)Cc2c(C)nn(-c3ccc(Cl)c(Cl)c3)c2C)CC1. The first-order valence-electron chi connectivity index (χ1n) is 10.4. The molecule has 1 aliphatic rings. The van der Waals surface area contributed by atoms with Gasteiger partial charge >= 0.3 is 0 Å². The van der Waals surface area contributed by atoms with Gasteiger partial charge in [-0.2, -0.15) is 5.10 Å². The standard InChI is InChI=1S/C22H30Cl2N4O/c1-4-5-10-27-11-8-17(9-12-27)25-22(29)14-19-15(2)26-28(16(19)3)18-6-7-20(23)21(24)13-18/h6-7,13,17H,4-5,8-12,14H2,1-3H3,(H,25,29). The second-order valence-corrected chi connectivity index (χ2v) is 8.69. The van der Waals surface area contributed by atoms with E-state index >= 15 is 0 Å². The van der Waals surface area contributed by atoms with E-state index in [0.717, 1.165) is 48.6 Å². The summed E-state index contributed by atoms with van der Waals surface area (Å²) in [4.78, 5) is 15.2. The molecule has 7 heteroatoms. The zero-order chi connectivity index (χ0) is 21.0. The molecule has 0 spiro atoms. The van der Waals surface area contributed by atoms with Crippen LogP contribution in [0.3, 0.4) is 0 Å². The number of rotatable bonds is 7. The highest BCUT2D eigenvalue weighted by molar-refractivity contribution is 6.42. The normalized spacial score (nSPS) is 15.6. The molecule has 1 fully saturated rings. The van der Waals surface area contributed by atoms with E-state index in [1.165, 1.54) is 19.4 Å². The number of halogens is 2. The van der Waals surface area contributed by atoms with Gasteiger partial charge in [0.25, 0.3) is 0 Å². The first-order valence-corrected chi connectivity index (χ1v) is 11.2. The third-order valence-electron chi connectivity index (χ3n) is 5.71. The van der Waals surface area contributed by atoms with Crippen LogP contribution < -0.4 is 5.32 Å². The van der Waals surface area contributed by atoms with E-state index in [9.17, 15) is 4.79 Å². The van der Waals surface area contributed by atoms with Gasteiger partial charge in [0.2, 0.25) is 5.91 Å². The van der Waals surface area contributed by atoms with Crippen molar-refractivity contribution in [2.45, 2.75) is 58.9 Å². The fourth-order valence-corrected chi connectivity index (χ4v) is 4.21. The number of hydrogen-bond acceptors (Lipinski definition) is 3. The summed E-state index contributed by atoms with van der Waals surface area (Å²) in [5.41, 5.74) is 3.61. The highest BCUT2D eigenvalue weighted by Gasteiger charge is 2.22. The largest absolute Gasteiger partial charge is 0.353 e. The van der Waals surface area contributed by atoms with E-state index in [0.29, 0.717) is 16.5 Å². The summed E-state index contributed by atoms with van der Waals surface area (Å²) in [6.07, 6.45) is 4.87. The van der Waals surface area contributed by atoms with Crippen molar-refractivity contribution < 1.29 is 4.79 Å². The molecule has 158 valence electrons. The van der Waals surface area contributed by atoms with Crippen molar-refractivity contribution in [2.75, 3.05) is 19.6 Å². The number of aromatic nitrogens is 2. The van der Waals surface area contributed by atoms with Gasteiger partial charge in [0, 0.05) is 30.4 Å². The summed E-state index contributed by atoms with van der Waals surface area (Å²) >= 11 is 12.2. The second-order valence-electron chi connectivity index (χ2n) is 7.87. The lowest BCUT2D eigenvalue weighted by atomic mass is 10.0. The van der Waals surface area contributed by atoms with E-state index in [1.807, 2.05) is 24.6 Å². The van der Waals surface area contributed by atoms with Gasteiger partial charge in [0.05, 0.1) is 27.8 Å². The molecule has 0 aliphatic carbocycles. The fraction of sp³-hybridized carbons (Fsp3) is 0.545. The van der Waals surface area contributed by atoms with Crippen LogP contribution in [0, 0.1) is 13.8 Å². The summed E-state index contributed by atoms with van der Waals surface area (Å²) in [5.74, 6) is 0.0666. The van der Waals surface area contributed by atoms with Gasteiger partial charge in [-0.05, 0) is 57.9 Å². The van der Waals surface area contributed by atoms with Gasteiger partial charge < -0.3 is 10.2 Å². The number of nitrogens with zero attached hydrogens (tertiary/aromatic N) is 3. The Morgan fingerprint density at radius 3 is 2.59 bits per heavy atom. The lowest BCUT2D eigenvalue weighted by Gasteiger charge is -2.32. The number of benzene rings is 1. The van der Waals surface area contributed by atoms with Crippen LogP contribution in [0.15, 0.2) is 18.2 Å². The molecule has 5 nitrogen and oxygen atoms in total. The number of likely N-dealkylation sites (tertiary alicyclic amines) is 1. The highest BCUT2D eigenvalue weighted by Crippen LogP contribution is 2.26. The zero-order valence-electron chi connectivity index (χ0n) is 17.5. The minimum absolute atomic E-state index is 0.0666. The van der Waals surface area contributed by atoms with Crippen LogP contribution in [0.25, 0.3) is 5.69 Å². The van der Waals surface area contributed by atoms with Gasteiger partial charge in [-0.25, -0.2) is 4.68 Å². The number of amides is 1. The Hall–Kier alpha value is -1.56. The molecule has 2 heterocycles. The van der Waals surface area contributed by atoms with Crippen LogP contribution in [0.2, 0.25) is 10.0 Å². The van der Waals surface area contributed by atoms with Crippen molar-refractivity contribution in [1.82, 2.24) is 20.0 Å². The Labute approximate surface area is 183 Å². The van der Waals surface area contributed by atoms with Crippen molar-refractivity contribution in [1.29, 1.82) is 0 Å². The number of carbonyl (C=O) groups excluding carboxylic acids is 1. The molecule has 0 bridgehead atoms. The molecule has 0 unspecified atom stereocenters. The lowest BCUT2D eigenvalue weighted by molar-refractivity contribution is -0.121. The van der Waals surface area contributed by atoms with Crippen molar-refractivity contribution in [3.8, 4) is 5.69 Å². The predicted octanol–water partition coefficient (Wildman–Crippen LogP) is 4.72. The van der Waals surface area contributed by atoms with Crippen LogP contribution >= 0.6 is 23.2 Å². The first-order chi connectivity index (χ1) is 13.9. The van der Waals surface area contributed by atoms with Crippen LogP contribution in [0.5, 0.6) is 0 Å². The quantitative estimate of drug-likeness (QED) is 0.682. The lowest BCUT2D eigenvalue weighted by Crippen LogP contribution is -2.45. The zero-order valence-corrected chi connectivity index (χ0v) is 19.0. The van der Waals surface area contributed by atoms with Gasteiger partial charge in [-0.3, -0.25) is 4.79 Å². The molecular weight excluding hydrogens is 407 g/mol. The number of aryl methyl sites for hydroxylation is 1. The van der Waals surface area contributed by atoms with Crippen LogP contribution in [0.4, 0.5) is 0 Å². The molecule has 0 saturated carbocycles. The molecule has 1 aliphatic heterocycles. The highest BCUT2D eigenvalue weighted by atomic mass is 35.5. The summed E-state index contributed by atoms with van der Waals surface area (Å²) in [6.45, 7) is 9.45. The molecule has 1 aromatic heterocycles. The third-order valence-corrected chi connectivity index (χ3v) is 6.45. The summed E-state index contributed by atoms with van der Waals surface area (Å²) in [5, 5.41) is 8.84. The molecule has 0 radical (unpaired) electrons. The van der Waals surface area contributed by atoms with Crippen molar-refractivity contribution in [3.63, 3.8) is 0 Å². The molecular formula is C22H30Cl2N4O. The van der Waals surface area contributed by atoms with Crippen LogP contribution in [0.1, 0.15) is 49.6 Å². The van der Waals surface area contributed by atoms with Crippen LogP contribution in [-0.2, 0) is 11.2 Å². The van der Waals surface area contributed by atoms with E-state index in [-0.39, 0.29) is 11.9 Å². The number of nitrogens with one attached hydrogen (secondary N) is 1. The maximum atomic E-state index is 12.7. The number of unbranched alkanes of at least 4 members (excludes halogenated alkanes) is 1. The monoisotopic (exact) mass is 436 g/mol. The second kappa shape index (κ2) is 9.96. The van der Waals surface area contributed by atoms with E-state index in [2.05, 4.69) is 22.2 Å². The average Bonchev–Trinajstić information content (AvgIpc) is 2.98. The average molecular weight is 437 g/mol. The molecule has 3 rings (SSSR count). The third kappa shape index (κ3) is 5.53. The Bertz CT molecular complexity index is 857. The number of carbonyl (C=O) groups is 1. The minimum Gasteiger partial charge on any atom is -0.353 e. The smallest absolute Gasteiger partial charge is 0.224 e. The molecule has 1 N–H and O–H groups in total. The van der Waals surface area contributed by atoms with Crippen molar-refractivity contribution in [2.24, 2.45) is 0 Å². The first kappa shape index (κ1) is 22.1. The predicted molar refractivity (Wildman–Crippen MR) is 119 cm³/mol. The fourth-order valence-electron chi connectivity index (χ4n) is 3.92. The van der Waals surface area contributed by atoms with Gasteiger partial charge in [0.1, 0.15) is 0 Å². The Balaban J connectivity index is 1.61. The summed E-state index contributed by atoms with van der Waals surface area (Å²) in [7, 11) is 0. The topological polar surface area (TPSA) is 50.2 Å². The minimum atomic E-state index is 0.0666. The van der Waals surface area contributed by atoms with E-state index in [1.54, 1.807) is 12.1 Å². The molecule has 2 aromatic rings. The van der Waals surface area contributed by atoms with Gasteiger partial charge in [-0.1, -0.05) is 36.5 Å². The number of piperidine rings is 1. The van der Waals surface area contributed by atoms with Gasteiger partial charge in [0.15, 0.2) is 0 Å². The van der Waals surface area contributed by atoms with Crippen LogP contribution in [-0.4, -0.2) is 46.3 Å². The Morgan fingerprint density at radius 1 is 1.21 bits per heavy atom.